The molecule has 2 unspecified atom stereocenters. The van der Waals surface area contributed by atoms with Crippen LogP contribution in [0.2, 0.25) is 0 Å². The Morgan fingerprint density at radius 1 is 0.947 bits per heavy atom. The maximum atomic E-state index is 5.89. The molecule has 0 saturated carbocycles. The van der Waals surface area contributed by atoms with Gasteiger partial charge in [0.25, 0.3) is 0 Å². The summed E-state index contributed by atoms with van der Waals surface area (Å²) in [5, 5.41) is 3.65. The minimum Gasteiger partial charge on any atom is -0.378 e. The molecule has 0 aliphatic carbocycles. The molecule has 2 nitrogen and oxygen atoms in total. The Kier molecular flexibility index (Phi) is 10.5. The minimum atomic E-state index is 0.527. The largest absolute Gasteiger partial charge is 0.378 e. The number of nitrogens with one attached hydrogen (secondary N) is 1. The van der Waals surface area contributed by atoms with E-state index in [1.54, 1.807) is 0 Å². The lowest BCUT2D eigenvalue weighted by Gasteiger charge is -2.30. The second-order valence-corrected chi connectivity index (χ2v) is 6.08. The second-order valence-electron chi connectivity index (χ2n) is 6.08. The van der Waals surface area contributed by atoms with E-state index >= 15 is 0 Å². The fourth-order valence-electron chi connectivity index (χ4n) is 2.94. The molecule has 114 valence electrons. The van der Waals surface area contributed by atoms with Crippen molar-refractivity contribution in [3.8, 4) is 0 Å². The van der Waals surface area contributed by atoms with Gasteiger partial charge < -0.3 is 10.1 Å². The number of unbranched alkanes of at least 4 members (excludes halogenated alkanes) is 6. The van der Waals surface area contributed by atoms with Gasteiger partial charge in [-0.25, -0.2) is 0 Å². The average Bonchev–Trinajstić information content (AvgIpc) is 2.44. The van der Waals surface area contributed by atoms with E-state index in [0.29, 0.717) is 12.1 Å². The van der Waals surface area contributed by atoms with Crippen molar-refractivity contribution in [3.05, 3.63) is 0 Å². The summed E-state index contributed by atoms with van der Waals surface area (Å²) in [4.78, 5) is 0. The molecule has 0 aromatic carbocycles. The first-order valence-corrected chi connectivity index (χ1v) is 8.71. The number of hydrogen-bond donors (Lipinski definition) is 1. The zero-order valence-corrected chi connectivity index (χ0v) is 13.3. The molecule has 0 radical (unpaired) electrons. The van der Waals surface area contributed by atoms with Crippen molar-refractivity contribution in [3.63, 3.8) is 0 Å². The number of ether oxygens (including phenoxy) is 1. The highest BCUT2D eigenvalue weighted by atomic mass is 16.5. The van der Waals surface area contributed by atoms with Gasteiger partial charge in [-0.3, -0.25) is 0 Å². The normalized spacial score (nSPS) is 23.7. The molecule has 2 atom stereocenters. The van der Waals surface area contributed by atoms with Crippen LogP contribution in [0.3, 0.4) is 0 Å². The van der Waals surface area contributed by atoms with Crippen LogP contribution in [0.1, 0.15) is 84.5 Å². The summed E-state index contributed by atoms with van der Waals surface area (Å²) >= 11 is 0. The SMILES string of the molecule is CCCCCCCCCC1CC(NCCC)CCO1. The Morgan fingerprint density at radius 3 is 2.42 bits per heavy atom. The van der Waals surface area contributed by atoms with Crippen LogP contribution in [-0.2, 0) is 4.74 Å². The molecule has 1 fully saturated rings. The lowest BCUT2D eigenvalue weighted by atomic mass is 9.98. The zero-order valence-electron chi connectivity index (χ0n) is 13.3. The smallest absolute Gasteiger partial charge is 0.0590 e. The van der Waals surface area contributed by atoms with Gasteiger partial charge in [0.2, 0.25) is 0 Å². The molecular weight excluding hydrogens is 234 g/mol. The fourth-order valence-corrected chi connectivity index (χ4v) is 2.94. The van der Waals surface area contributed by atoms with Gasteiger partial charge in [-0.1, -0.05) is 58.8 Å². The molecule has 1 N–H and O–H groups in total. The molecule has 1 aliphatic heterocycles. The van der Waals surface area contributed by atoms with Gasteiger partial charge in [-0.2, -0.15) is 0 Å². The van der Waals surface area contributed by atoms with E-state index in [0.717, 1.165) is 13.2 Å². The fraction of sp³-hybridized carbons (Fsp3) is 1.00. The van der Waals surface area contributed by atoms with Gasteiger partial charge in [-0.15, -0.1) is 0 Å². The third kappa shape index (κ3) is 8.65. The van der Waals surface area contributed by atoms with Crippen molar-refractivity contribution >= 4 is 0 Å². The molecule has 0 amide bonds. The summed E-state index contributed by atoms with van der Waals surface area (Å²) in [7, 11) is 0. The van der Waals surface area contributed by atoms with Crippen molar-refractivity contribution in [1.82, 2.24) is 5.32 Å². The standard InChI is InChI=1S/C17H35NO/c1-3-5-6-7-8-9-10-11-17-15-16(12-14-19-17)18-13-4-2/h16-18H,3-15H2,1-2H3. The molecule has 1 aliphatic rings. The third-order valence-electron chi connectivity index (χ3n) is 4.18. The summed E-state index contributed by atoms with van der Waals surface area (Å²) in [6.45, 7) is 6.64. The summed E-state index contributed by atoms with van der Waals surface area (Å²) < 4.78 is 5.89. The topological polar surface area (TPSA) is 21.3 Å². The highest BCUT2D eigenvalue weighted by molar-refractivity contribution is 4.76. The van der Waals surface area contributed by atoms with Crippen LogP contribution in [-0.4, -0.2) is 25.3 Å². The highest BCUT2D eigenvalue weighted by Gasteiger charge is 2.21. The molecule has 19 heavy (non-hydrogen) atoms. The molecule has 0 bridgehead atoms. The minimum absolute atomic E-state index is 0.527. The molecule has 1 saturated heterocycles. The quantitative estimate of drug-likeness (QED) is 0.550. The summed E-state index contributed by atoms with van der Waals surface area (Å²) in [5.74, 6) is 0. The molecule has 0 aromatic heterocycles. The van der Waals surface area contributed by atoms with Crippen LogP contribution in [0.5, 0.6) is 0 Å². The lowest BCUT2D eigenvalue weighted by Crippen LogP contribution is -2.39. The Bertz CT molecular complexity index is 196. The van der Waals surface area contributed by atoms with E-state index in [9.17, 15) is 0 Å². The monoisotopic (exact) mass is 269 g/mol. The summed E-state index contributed by atoms with van der Waals surface area (Å²) in [6.07, 6.45) is 15.3. The molecule has 0 aromatic rings. The van der Waals surface area contributed by atoms with E-state index in [2.05, 4.69) is 19.2 Å². The van der Waals surface area contributed by atoms with Gasteiger partial charge in [0.05, 0.1) is 6.10 Å². The lowest BCUT2D eigenvalue weighted by molar-refractivity contribution is -0.00406. The Hall–Kier alpha value is -0.0800. The van der Waals surface area contributed by atoms with Gasteiger partial charge in [0, 0.05) is 12.6 Å². The van der Waals surface area contributed by atoms with Crippen LogP contribution in [0.25, 0.3) is 0 Å². The van der Waals surface area contributed by atoms with E-state index in [-0.39, 0.29) is 0 Å². The number of hydrogen-bond acceptors (Lipinski definition) is 2. The Labute approximate surface area is 120 Å². The van der Waals surface area contributed by atoms with Crippen LogP contribution in [0.4, 0.5) is 0 Å². The van der Waals surface area contributed by atoms with Crippen LogP contribution in [0.15, 0.2) is 0 Å². The molecule has 1 heterocycles. The van der Waals surface area contributed by atoms with Crippen LogP contribution < -0.4 is 5.32 Å². The van der Waals surface area contributed by atoms with Crippen LogP contribution in [0, 0.1) is 0 Å². The van der Waals surface area contributed by atoms with E-state index in [1.807, 2.05) is 0 Å². The van der Waals surface area contributed by atoms with Gasteiger partial charge in [0.15, 0.2) is 0 Å². The first-order valence-electron chi connectivity index (χ1n) is 8.71. The second kappa shape index (κ2) is 11.7. The predicted molar refractivity (Wildman–Crippen MR) is 83.7 cm³/mol. The molecule has 2 heteroatoms. The molecule has 1 rings (SSSR count). The molecule has 0 spiro atoms. The predicted octanol–water partition coefficient (Wildman–Crippen LogP) is 4.67. The summed E-state index contributed by atoms with van der Waals surface area (Å²) in [5.41, 5.74) is 0. The van der Waals surface area contributed by atoms with Crippen molar-refractivity contribution in [2.24, 2.45) is 0 Å². The maximum absolute atomic E-state index is 5.89. The molecular formula is C17H35NO. The van der Waals surface area contributed by atoms with Crippen molar-refractivity contribution < 1.29 is 4.74 Å². The Morgan fingerprint density at radius 2 is 1.68 bits per heavy atom. The van der Waals surface area contributed by atoms with Gasteiger partial charge in [-0.05, 0) is 32.2 Å². The van der Waals surface area contributed by atoms with Crippen LogP contribution >= 0.6 is 0 Å². The zero-order chi connectivity index (χ0) is 13.8. The average molecular weight is 269 g/mol. The number of rotatable bonds is 11. The first-order chi connectivity index (χ1) is 9.36. The van der Waals surface area contributed by atoms with Crippen molar-refractivity contribution in [2.45, 2.75) is 96.6 Å². The van der Waals surface area contributed by atoms with Crippen molar-refractivity contribution in [1.29, 1.82) is 0 Å². The highest BCUT2D eigenvalue weighted by Crippen LogP contribution is 2.19. The van der Waals surface area contributed by atoms with E-state index < -0.39 is 0 Å². The van der Waals surface area contributed by atoms with E-state index in [4.69, 9.17) is 4.74 Å². The van der Waals surface area contributed by atoms with Crippen molar-refractivity contribution in [2.75, 3.05) is 13.2 Å². The Balaban J connectivity index is 1.96. The third-order valence-corrected chi connectivity index (χ3v) is 4.18. The van der Waals surface area contributed by atoms with Gasteiger partial charge >= 0.3 is 0 Å². The summed E-state index contributed by atoms with van der Waals surface area (Å²) in [6, 6.07) is 0.711. The van der Waals surface area contributed by atoms with Gasteiger partial charge in [0.1, 0.15) is 0 Å². The first kappa shape index (κ1) is 17.0. The van der Waals surface area contributed by atoms with E-state index in [1.165, 1.54) is 70.6 Å². The maximum Gasteiger partial charge on any atom is 0.0590 e.